The van der Waals surface area contributed by atoms with E-state index >= 15 is 0 Å². The minimum absolute atomic E-state index is 0.325. The molecule has 0 aromatic rings. The van der Waals surface area contributed by atoms with Crippen molar-refractivity contribution in [1.29, 1.82) is 0 Å². The molecule has 0 aromatic carbocycles. The molecule has 0 spiro atoms. The summed E-state index contributed by atoms with van der Waals surface area (Å²) in [7, 11) is 1.20. The highest BCUT2D eigenvalue weighted by Gasteiger charge is 2.35. The molecule has 1 amide bonds. The van der Waals surface area contributed by atoms with Crippen molar-refractivity contribution in [3.8, 4) is 0 Å². The summed E-state index contributed by atoms with van der Waals surface area (Å²) in [6, 6.07) is -1.17. The Morgan fingerprint density at radius 2 is 1.82 bits per heavy atom. The topological polar surface area (TPSA) is 119 Å². The molecule has 5 N–H and O–H groups in total. The van der Waals surface area contributed by atoms with Crippen molar-refractivity contribution >= 4 is 5.91 Å². The van der Waals surface area contributed by atoms with Crippen molar-refractivity contribution in [3.05, 3.63) is 0 Å². The summed E-state index contributed by atoms with van der Waals surface area (Å²) < 4.78 is 4.61. The number of aliphatic hydroxyl groups is 4. The Kier molecular flexibility index (Phi) is 7.24. The Balaban J connectivity index is 4.72. The Morgan fingerprint density at radius 3 is 2.18 bits per heavy atom. The average molecular weight is 251 g/mol. The fourth-order valence-corrected chi connectivity index (χ4v) is 1.36. The van der Waals surface area contributed by atoms with Gasteiger partial charge in [0.25, 0.3) is 0 Å². The van der Waals surface area contributed by atoms with E-state index in [0.29, 0.717) is 0 Å². The van der Waals surface area contributed by atoms with Gasteiger partial charge in [-0.05, 0) is 0 Å². The molecular weight excluding hydrogens is 230 g/mol. The van der Waals surface area contributed by atoms with Crippen LogP contribution >= 0.6 is 0 Å². The zero-order valence-corrected chi connectivity index (χ0v) is 10.2. The molecule has 0 bridgehead atoms. The van der Waals surface area contributed by atoms with Gasteiger partial charge in [-0.15, -0.1) is 0 Å². The van der Waals surface area contributed by atoms with Crippen LogP contribution in [-0.4, -0.2) is 64.6 Å². The van der Waals surface area contributed by atoms with Gasteiger partial charge < -0.3 is 30.5 Å². The van der Waals surface area contributed by atoms with Crippen molar-refractivity contribution in [3.63, 3.8) is 0 Å². The summed E-state index contributed by atoms with van der Waals surface area (Å²) in [5.41, 5.74) is 0. The van der Waals surface area contributed by atoms with E-state index in [-0.39, 0.29) is 6.61 Å². The zero-order chi connectivity index (χ0) is 13.6. The van der Waals surface area contributed by atoms with E-state index in [1.54, 1.807) is 0 Å². The lowest BCUT2D eigenvalue weighted by Crippen LogP contribution is -2.56. The predicted octanol–water partition coefficient (Wildman–Crippen LogP) is -2.19. The third kappa shape index (κ3) is 4.97. The lowest BCUT2D eigenvalue weighted by molar-refractivity contribution is -0.152. The van der Waals surface area contributed by atoms with Crippen molar-refractivity contribution in [2.24, 2.45) is 5.92 Å². The van der Waals surface area contributed by atoms with Crippen LogP contribution in [0.25, 0.3) is 0 Å². The monoisotopic (exact) mass is 251 g/mol. The number of carbonyl (C=O) groups excluding carboxylic acids is 1. The highest BCUT2D eigenvalue weighted by Crippen LogP contribution is 2.13. The fourth-order valence-electron chi connectivity index (χ4n) is 1.36. The second-order valence-electron chi connectivity index (χ2n) is 3.99. The summed E-state index contributed by atoms with van der Waals surface area (Å²) in [5, 5.41) is 40.1. The minimum Gasteiger partial charge on any atom is -0.396 e. The smallest absolute Gasteiger partial charge is 0.217 e. The molecule has 0 rings (SSSR count). The molecule has 0 heterocycles. The van der Waals surface area contributed by atoms with Gasteiger partial charge in [0.2, 0.25) is 5.91 Å². The van der Waals surface area contributed by atoms with E-state index in [2.05, 4.69) is 10.1 Å². The molecule has 0 aliphatic heterocycles. The van der Waals surface area contributed by atoms with E-state index in [1.807, 2.05) is 0 Å². The van der Waals surface area contributed by atoms with Crippen LogP contribution < -0.4 is 5.32 Å². The van der Waals surface area contributed by atoms with Crippen molar-refractivity contribution in [2.75, 3.05) is 13.7 Å². The normalized spacial score (nSPS) is 20.2. The third-order valence-corrected chi connectivity index (χ3v) is 2.51. The lowest BCUT2D eigenvalue weighted by Gasteiger charge is -2.32. The summed E-state index contributed by atoms with van der Waals surface area (Å²) in [6.07, 6.45) is -4.19. The van der Waals surface area contributed by atoms with Crippen LogP contribution in [0.15, 0.2) is 0 Å². The Morgan fingerprint density at radius 1 is 1.29 bits per heavy atom. The van der Waals surface area contributed by atoms with Gasteiger partial charge in [-0.3, -0.25) is 4.79 Å². The molecule has 5 unspecified atom stereocenters. The van der Waals surface area contributed by atoms with Gasteiger partial charge in [0, 0.05) is 26.6 Å². The first-order chi connectivity index (χ1) is 7.84. The summed E-state index contributed by atoms with van der Waals surface area (Å²) in [6.45, 7) is 2.41. The van der Waals surface area contributed by atoms with Crippen molar-refractivity contribution in [1.82, 2.24) is 5.32 Å². The summed E-state index contributed by atoms with van der Waals surface area (Å²) in [4.78, 5) is 10.9. The van der Waals surface area contributed by atoms with Crippen molar-refractivity contribution in [2.45, 2.75) is 38.4 Å². The van der Waals surface area contributed by atoms with Gasteiger partial charge in [0.05, 0.1) is 6.10 Å². The molecular formula is C10H21NO6. The molecule has 0 fully saturated rings. The summed E-state index contributed by atoms with van der Waals surface area (Å²) >= 11 is 0. The van der Waals surface area contributed by atoms with E-state index in [0.717, 1.165) is 0 Å². The number of nitrogens with one attached hydrogen (secondary N) is 1. The molecule has 0 saturated heterocycles. The van der Waals surface area contributed by atoms with Gasteiger partial charge in [0.1, 0.15) is 12.1 Å². The summed E-state index contributed by atoms with van der Waals surface area (Å²) in [5.74, 6) is -1.07. The first-order valence-electron chi connectivity index (χ1n) is 5.30. The second-order valence-corrected chi connectivity index (χ2v) is 3.99. The van der Waals surface area contributed by atoms with E-state index in [1.165, 1.54) is 21.0 Å². The standard InChI is InChI=1S/C10H21NO6/c1-5(4-12)8(14)9(15)7(10(16)17-3)11-6(2)13/h5,7-10,12,14-16H,4H2,1-3H3,(H,11,13). The highest BCUT2D eigenvalue weighted by molar-refractivity contribution is 5.73. The second kappa shape index (κ2) is 7.57. The number of methoxy groups -OCH3 is 1. The van der Waals surface area contributed by atoms with Crippen LogP contribution in [0.3, 0.4) is 0 Å². The van der Waals surface area contributed by atoms with Gasteiger partial charge in [-0.25, -0.2) is 0 Å². The first kappa shape index (κ1) is 16.3. The van der Waals surface area contributed by atoms with E-state index in [4.69, 9.17) is 5.11 Å². The largest absolute Gasteiger partial charge is 0.396 e. The predicted molar refractivity (Wildman–Crippen MR) is 58.9 cm³/mol. The van der Waals surface area contributed by atoms with Gasteiger partial charge in [-0.2, -0.15) is 0 Å². The Labute approximate surface area is 100 Å². The van der Waals surface area contributed by atoms with Crippen LogP contribution in [0.5, 0.6) is 0 Å². The molecule has 0 aromatic heterocycles. The number of hydrogen-bond donors (Lipinski definition) is 5. The molecule has 0 radical (unpaired) electrons. The number of amides is 1. The maximum atomic E-state index is 10.9. The molecule has 7 heteroatoms. The molecule has 7 nitrogen and oxygen atoms in total. The van der Waals surface area contributed by atoms with Gasteiger partial charge in [0.15, 0.2) is 6.29 Å². The maximum absolute atomic E-state index is 10.9. The SMILES string of the molecule is COC(O)C(NC(C)=O)C(O)C(O)C(C)CO. The zero-order valence-electron chi connectivity index (χ0n) is 10.2. The van der Waals surface area contributed by atoms with Crippen LogP contribution in [0, 0.1) is 5.92 Å². The number of hydrogen-bond acceptors (Lipinski definition) is 6. The molecule has 0 saturated carbocycles. The first-order valence-corrected chi connectivity index (χ1v) is 5.30. The van der Waals surface area contributed by atoms with Gasteiger partial charge >= 0.3 is 0 Å². The number of carbonyl (C=O) groups is 1. The average Bonchev–Trinajstić information content (AvgIpc) is 2.31. The lowest BCUT2D eigenvalue weighted by atomic mass is 9.95. The molecule has 0 aliphatic rings. The molecule has 102 valence electrons. The molecule has 0 aliphatic carbocycles. The number of rotatable bonds is 7. The van der Waals surface area contributed by atoms with Gasteiger partial charge in [-0.1, -0.05) is 6.92 Å². The quantitative estimate of drug-likeness (QED) is 0.328. The van der Waals surface area contributed by atoms with Crippen molar-refractivity contribution < 1.29 is 30.0 Å². The van der Waals surface area contributed by atoms with Crippen LogP contribution in [0.4, 0.5) is 0 Å². The molecule has 5 atom stereocenters. The van der Waals surface area contributed by atoms with Crippen LogP contribution in [0.2, 0.25) is 0 Å². The van der Waals surface area contributed by atoms with E-state index in [9.17, 15) is 20.1 Å². The number of ether oxygens (including phenoxy) is 1. The molecule has 17 heavy (non-hydrogen) atoms. The minimum atomic E-state index is -1.45. The highest BCUT2D eigenvalue weighted by atomic mass is 16.6. The fraction of sp³-hybridized carbons (Fsp3) is 0.900. The Hall–Kier alpha value is -0.730. The Bertz CT molecular complexity index is 237. The van der Waals surface area contributed by atoms with E-state index < -0.39 is 36.4 Å². The van der Waals surface area contributed by atoms with Crippen LogP contribution in [0.1, 0.15) is 13.8 Å². The number of aliphatic hydroxyl groups excluding tert-OH is 4. The van der Waals surface area contributed by atoms with Crippen LogP contribution in [-0.2, 0) is 9.53 Å². The third-order valence-electron chi connectivity index (χ3n) is 2.51. The maximum Gasteiger partial charge on any atom is 0.217 e.